The van der Waals surface area contributed by atoms with Crippen LogP contribution in [0, 0.1) is 19.3 Å². The Kier molecular flexibility index (Phi) is 6.34. The molecule has 0 aromatic heterocycles. The van der Waals surface area contributed by atoms with Gasteiger partial charge in [-0.3, -0.25) is 0 Å². The normalized spacial score (nSPS) is 16.8. The highest BCUT2D eigenvalue weighted by Crippen LogP contribution is 2.66. The van der Waals surface area contributed by atoms with Gasteiger partial charge in [-0.1, -0.05) is 65.7 Å². The second kappa shape index (κ2) is 9.27. The SMILES string of the molecule is COCOCC1(COCOC)CC2(C1)c1cc(C)ccc1-c1ccc(-c3ccc(C)cc3)cc12. The van der Waals surface area contributed by atoms with Crippen LogP contribution in [-0.4, -0.2) is 41.0 Å². The van der Waals surface area contributed by atoms with Crippen molar-refractivity contribution in [2.45, 2.75) is 32.1 Å². The molecule has 2 aliphatic rings. The molecule has 0 bridgehead atoms. The van der Waals surface area contributed by atoms with Gasteiger partial charge in [0.05, 0.1) is 13.2 Å². The number of aryl methyl sites for hydroxylation is 2. The van der Waals surface area contributed by atoms with E-state index >= 15 is 0 Å². The van der Waals surface area contributed by atoms with E-state index in [0.29, 0.717) is 26.8 Å². The predicted molar refractivity (Wildman–Crippen MR) is 135 cm³/mol. The van der Waals surface area contributed by atoms with Crippen molar-refractivity contribution in [3.05, 3.63) is 82.9 Å². The van der Waals surface area contributed by atoms with E-state index in [9.17, 15) is 0 Å². The Morgan fingerprint density at radius 2 is 1.18 bits per heavy atom. The summed E-state index contributed by atoms with van der Waals surface area (Å²) in [6.45, 7) is 6.13. The highest BCUT2D eigenvalue weighted by molar-refractivity contribution is 5.85. The Balaban J connectivity index is 1.55. The van der Waals surface area contributed by atoms with Crippen LogP contribution in [0.1, 0.15) is 35.1 Å². The van der Waals surface area contributed by atoms with Crippen LogP contribution in [0.3, 0.4) is 0 Å². The third-order valence-corrected chi connectivity index (χ3v) is 7.47. The molecule has 4 nitrogen and oxygen atoms in total. The molecule has 0 unspecified atom stereocenters. The molecular weight excluding hydrogens is 424 g/mol. The second-order valence-corrected chi connectivity index (χ2v) is 10.1. The predicted octanol–water partition coefficient (Wildman–Crippen LogP) is 6.26. The molecular formula is C30H34O4. The van der Waals surface area contributed by atoms with E-state index in [2.05, 4.69) is 74.5 Å². The number of ether oxygens (including phenoxy) is 4. The monoisotopic (exact) mass is 458 g/mol. The maximum absolute atomic E-state index is 5.88. The first-order chi connectivity index (χ1) is 16.5. The van der Waals surface area contributed by atoms with Crippen LogP contribution >= 0.6 is 0 Å². The molecule has 0 heterocycles. The quantitative estimate of drug-likeness (QED) is 0.280. The van der Waals surface area contributed by atoms with Crippen LogP contribution in [0.2, 0.25) is 0 Å². The zero-order valence-corrected chi connectivity index (χ0v) is 20.6. The van der Waals surface area contributed by atoms with E-state index in [1.165, 1.54) is 44.5 Å². The molecule has 3 aromatic carbocycles. The second-order valence-electron chi connectivity index (χ2n) is 10.1. The summed E-state index contributed by atoms with van der Waals surface area (Å²) in [7, 11) is 3.32. The fraction of sp³-hybridized carbons (Fsp3) is 0.400. The first-order valence-electron chi connectivity index (χ1n) is 12.0. The molecule has 1 spiro atoms. The number of methoxy groups -OCH3 is 2. The molecule has 0 amide bonds. The highest BCUT2D eigenvalue weighted by atomic mass is 16.7. The van der Waals surface area contributed by atoms with Gasteiger partial charge in [0.2, 0.25) is 0 Å². The van der Waals surface area contributed by atoms with E-state index in [4.69, 9.17) is 18.9 Å². The van der Waals surface area contributed by atoms with Gasteiger partial charge in [-0.2, -0.15) is 0 Å². The fourth-order valence-electron chi connectivity index (χ4n) is 6.07. The first-order valence-corrected chi connectivity index (χ1v) is 12.0. The van der Waals surface area contributed by atoms with Crippen molar-refractivity contribution in [1.29, 1.82) is 0 Å². The highest BCUT2D eigenvalue weighted by Gasteiger charge is 2.60. The van der Waals surface area contributed by atoms with E-state index in [-0.39, 0.29) is 10.8 Å². The van der Waals surface area contributed by atoms with E-state index in [1.54, 1.807) is 14.2 Å². The average Bonchev–Trinajstić information content (AvgIpc) is 3.08. The van der Waals surface area contributed by atoms with Gasteiger partial charge in [0, 0.05) is 25.0 Å². The Hall–Kier alpha value is -2.50. The van der Waals surface area contributed by atoms with Gasteiger partial charge in [0.1, 0.15) is 13.6 Å². The summed E-state index contributed by atoms with van der Waals surface area (Å²) < 4.78 is 22.1. The van der Waals surface area contributed by atoms with E-state index < -0.39 is 0 Å². The molecule has 2 aliphatic carbocycles. The Morgan fingerprint density at radius 1 is 0.647 bits per heavy atom. The molecule has 178 valence electrons. The lowest BCUT2D eigenvalue weighted by Crippen LogP contribution is -2.54. The zero-order chi connectivity index (χ0) is 23.8. The molecule has 3 aromatic rings. The van der Waals surface area contributed by atoms with Gasteiger partial charge in [-0.15, -0.1) is 0 Å². The van der Waals surface area contributed by atoms with Crippen LogP contribution in [0.4, 0.5) is 0 Å². The third-order valence-electron chi connectivity index (χ3n) is 7.47. The van der Waals surface area contributed by atoms with Crippen molar-refractivity contribution in [3.8, 4) is 22.3 Å². The Bertz CT molecular complexity index is 1150. The Morgan fingerprint density at radius 3 is 1.79 bits per heavy atom. The van der Waals surface area contributed by atoms with Crippen molar-refractivity contribution >= 4 is 0 Å². The minimum Gasteiger partial charge on any atom is -0.359 e. The lowest BCUT2D eigenvalue weighted by molar-refractivity contribution is -0.148. The maximum atomic E-state index is 5.88. The Labute approximate surface area is 202 Å². The van der Waals surface area contributed by atoms with Gasteiger partial charge in [-0.25, -0.2) is 0 Å². The average molecular weight is 459 g/mol. The van der Waals surface area contributed by atoms with Gasteiger partial charge in [0.25, 0.3) is 0 Å². The number of rotatable bonds is 9. The van der Waals surface area contributed by atoms with E-state index in [1.807, 2.05) is 0 Å². The minimum absolute atomic E-state index is 0.0236. The molecule has 5 rings (SSSR count). The molecule has 4 heteroatoms. The molecule has 34 heavy (non-hydrogen) atoms. The smallest absolute Gasteiger partial charge is 0.146 e. The van der Waals surface area contributed by atoms with Crippen molar-refractivity contribution in [2.24, 2.45) is 5.41 Å². The summed E-state index contributed by atoms with van der Waals surface area (Å²) in [5, 5.41) is 0. The minimum atomic E-state index is -0.0699. The van der Waals surface area contributed by atoms with Crippen LogP contribution in [0.25, 0.3) is 22.3 Å². The summed E-state index contributed by atoms with van der Waals surface area (Å²) in [5.41, 5.74) is 10.6. The van der Waals surface area contributed by atoms with Crippen molar-refractivity contribution in [1.82, 2.24) is 0 Å². The molecule has 1 fully saturated rings. The lowest BCUT2D eigenvalue weighted by atomic mass is 9.49. The number of benzene rings is 3. The van der Waals surface area contributed by atoms with Crippen LogP contribution in [0.15, 0.2) is 60.7 Å². The maximum Gasteiger partial charge on any atom is 0.146 e. The molecule has 0 atom stereocenters. The molecule has 0 radical (unpaired) electrons. The van der Waals surface area contributed by atoms with Gasteiger partial charge < -0.3 is 18.9 Å². The molecule has 0 saturated heterocycles. The van der Waals surface area contributed by atoms with E-state index in [0.717, 1.165) is 12.8 Å². The zero-order valence-electron chi connectivity index (χ0n) is 20.6. The van der Waals surface area contributed by atoms with Crippen molar-refractivity contribution in [2.75, 3.05) is 41.0 Å². The summed E-state index contributed by atoms with van der Waals surface area (Å²) >= 11 is 0. The van der Waals surface area contributed by atoms with Crippen LogP contribution < -0.4 is 0 Å². The topological polar surface area (TPSA) is 36.9 Å². The summed E-state index contributed by atoms with van der Waals surface area (Å²) in [6.07, 6.45) is 1.96. The van der Waals surface area contributed by atoms with Crippen molar-refractivity contribution < 1.29 is 18.9 Å². The number of hydrogen-bond acceptors (Lipinski definition) is 4. The summed E-state index contributed by atoms with van der Waals surface area (Å²) in [5.74, 6) is 0. The molecule has 1 saturated carbocycles. The first kappa shape index (κ1) is 23.3. The largest absolute Gasteiger partial charge is 0.359 e. The lowest BCUT2D eigenvalue weighted by Gasteiger charge is -2.55. The van der Waals surface area contributed by atoms with Gasteiger partial charge in [-0.05, 0) is 66.1 Å². The van der Waals surface area contributed by atoms with Crippen molar-refractivity contribution in [3.63, 3.8) is 0 Å². The fourth-order valence-corrected chi connectivity index (χ4v) is 6.07. The molecule has 0 aliphatic heterocycles. The standard InChI is InChI=1S/C30H34O4/c1-21-5-8-23(9-6-21)24-10-12-26-25-11-7-22(2)13-27(25)30(28(26)14-24)15-29(16-30,17-33-19-31-3)18-34-20-32-4/h5-14H,15-20H2,1-4H3. The molecule has 0 N–H and O–H groups in total. The third kappa shape index (κ3) is 3.99. The summed E-state index contributed by atoms with van der Waals surface area (Å²) in [4.78, 5) is 0. The van der Waals surface area contributed by atoms with Crippen LogP contribution in [-0.2, 0) is 24.4 Å². The number of hydrogen-bond donors (Lipinski definition) is 0. The van der Waals surface area contributed by atoms with Crippen LogP contribution in [0.5, 0.6) is 0 Å². The summed E-state index contributed by atoms with van der Waals surface area (Å²) in [6, 6.07) is 22.7. The van der Waals surface area contributed by atoms with Gasteiger partial charge >= 0.3 is 0 Å². The number of fused-ring (bicyclic) bond motifs is 5. The van der Waals surface area contributed by atoms with Gasteiger partial charge in [0.15, 0.2) is 0 Å².